The Morgan fingerprint density at radius 2 is 2.15 bits per heavy atom. The molecule has 0 aromatic rings. The van der Waals surface area contributed by atoms with Gasteiger partial charge in [0.2, 0.25) is 0 Å². The van der Waals surface area contributed by atoms with Crippen LogP contribution in [0.3, 0.4) is 0 Å². The largest absolute Gasteiger partial charge is 0.393 e. The molecular formula is C10H18BOY-. The minimum atomic E-state index is -0.131. The standard InChI is InChI=1S/C10H18BO.Y/c1-7-6-10(12)9(8(7)2)4-3-5-11;/h7-10,12H,2-6H2,1H3;/q-1;. The fraction of sp³-hybridized carbons (Fsp3) is 0.900. The molecule has 71 valence electrons. The Hall–Kier alpha value is 1.13. The molecular weight excluding hydrogens is 236 g/mol. The fourth-order valence-electron chi connectivity index (χ4n) is 2.20. The van der Waals surface area contributed by atoms with E-state index >= 15 is 0 Å². The Kier molecular flexibility index (Phi) is 7.15. The van der Waals surface area contributed by atoms with Crippen LogP contribution in [0.5, 0.6) is 0 Å². The van der Waals surface area contributed by atoms with Crippen molar-refractivity contribution in [3.8, 4) is 0 Å². The van der Waals surface area contributed by atoms with Gasteiger partial charge in [0.05, 0.1) is 14.0 Å². The number of rotatable bonds is 3. The van der Waals surface area contributed by atoms with Crippen molar-refractivity contribution in [1.29, 1.82) is 0 Å². The summed E-state index contributed by atoms with van der Waals surface area (Å²) >= 11 is 0. The molecule has 4 unspecified atom stereocenters. The van der Waals surface area contributed by atoms with E-state index in [0.29, 0.717) is 17.8 Å². The van der Waals surface area contributed by atoms with Crippen molar-refractivity contribution in [3.05, 3.63) is 6.92 Å². The first-order valence-electron chi connectivity index (χ1n) is 4.88. The molecule has 0 amide bonds. The van der Waals surface area contributed by atoms with Gasteiger partial charge in [0.15, 0.2) is 0 Å². The van der Waals surface area contributed by atoms with E-state index in [-0.39, 0.29) is 38.8 Å². The van der Waals surface area contributed by atoms with Gasteiger partial charge in [-0.15, -0.1) is 0 Å². The van der Waals surface area contributed by atoms with Crippen LogP contribution in [0.15, 0.2) is 0 Å². The van der Waals surface area contributed by atoms with Crippen LogP contribution in [0.25, 0.3) is 0 Å². The summed E-state index contributed by atoms with van der Waals surface area (Å²) in [4.78, 5) is 0. The number of hydrogen-bond acceptors (Lipinski definition) is 1. The third kappa shape index (κ3) is 3.64. The van der Waals surface area contributed by atoms with Crippen LogP contribution in [-0.2, 0) is 32.7 Å². The van der Waals surface area contributed by atoms with Crippen molar-refractivity contribution < 1.29 is 37.8 Å². The van der Waals surface area contributed by atoms with Gasteiger partial charge in [0, 0.05) is 32.7 Å². The zero-order valence-electron chi connectivity index (χ0n) is 8.45. The van der Waals surface area contributed by atoms with Crippen molar-refractivity contribution in [1.82, 2.24) is 0 Å². The smallest absolute Gasteiger partial charge is 0.0653 e. The van der Waals surface area contributed by atoms with Crippen molar-refractivity contribution in [2.24, 2.45) is 17.8 Å². The van der Waals surface area contributed by atoms with E-state index in [2.05, 4.69) is 13.8 Å². The molecule has 0 spiro atoms. The summed E-state index contributed by atoms with van der Waals surface area (Å²) in [7, 11) is 5.43. The van der Waals surface area contributed by atoms with E-state index in [9.17, 15) is 5.11 Å². The molecule has 0 saturated heterocycles. The van der Waals surface area contributed by atoms with Crippen LogP contribution in [0, 0.1) is 24.7 Å². The van der Waals surface area contributed by atoms with E-state index in [1.165, 1.54) is 0 Å². The molecule has 3 radical (unpaired) electrons. The Bertz CT molecular complexity index is 143. The summed E-state index contributed by atoms with van der Waals surface area (Å²) < 4.78 is 0. The average molecular weight is 254 g/mol. The van der Waals surface area contributed by atoms with Gasteiger partial charge in [0.25, 0.3) is 0 Å². The summed E-state index contributed by atoms with van der Waals surface area (Å²) in [6.07, 6.45) is 3.57. The van der Waals surface area contributed by atoms with E-state index < -0.39 is 0 Å². The third-order valence-corrected chi connectivity index (χ3v) is 3.13. The van der Waals surface area contributed by atoms with Gasteiger partial charge in [-0.1, -0.05) is 32.0 Å². The molecule has 1 aliphatic rings. The van der Waals surface area contributed by atoms with Crippen molar-refractivity contribution in [3.63, 3.8) is 0 Å². The zero-order chi connectivity index (χ0) is 9.14. The summed E-state index contributed by atoms with van der Waals surface area (Å²) in [5.74, 6) is 1.39. The molecule has 13 heavy (non-hydrogen) atoms. The molecule has 0 aromatic carbocycles. The molecule has 4 atom stereocenters. The third-order valence-electron chi connectivity index (χ3n) is 3.13. The van der Waals surface area contributed by atoms with Gasteiger partial charge in [-0.25, -0.2) is 0 Å². The first-order valence-corrected chi connectivity index (χ1v) is 4.88. The fourth-order valence-corrected chi connectivity index (χ4v) is 2.20. The van der Waals surface area contributed by atoms with Gasteiger partial charge in [-0.2, -0.15) is 5.92 Å². The van der Waals surface area contributed by atoms with E-state index in [0.717, 1.165) is 25.6 Å². The molecule has 1 aliphatic carbocycles. The molecule has 1 N–H and O–H groups in total. The number of aliphatic hydroxyl groups excluding tert-OH is 1. The predicted molar refractivity (Wildman–Crippen MR) is 51.9 cm³/mol. The summed E-state index contributed by atoms with van der Waals surface area (Å²) in [5.41, 5.74) is 0. The Balaban J connectivity index is 0.00000144. The molecule has 0 aromatic heterocycles. The summed E-state index contributed by atoms with van der Waals surface area (Å²) in [5, 5.41) is 9.68. The van der Waals surface area contributed by atoms with Gasteiger partial charge in [0.1, 0.15) is 0 Å². The van der Waals surface area contributed by atoms with Gasteiger partial charge in [-0.3, -0.25) is 0 Å². The second-order valence-electron chi connectivity index (χ2n) is 4.04. The molecule has 0 bridgehead atoms. The first-order chi connectivity index (χ1) is 5.66. The Morgan fingerprint density at radius 1 is 1.54 bits per heavy atom. The maximum atomic E-state index is 9.68. The topological polar surface area (TPSA) is 20.2 Å². The SMILES string of the molecule is [B]CCCC1C(O)CC(C)C1[CH2-].[Y]. The maximum absolute atomic E-state index is 9.68. The van der Waals surface area contributed by atoms with Gasteiger partial charge < -0.3 is 12.0 Å². The van der Waals surface area contributed by atoms with Crippen LogP contribution in [-0.4, -0.2) is 19.1 Å². The Morgan fingerprint density at radius 3 is 2.54 bits per heavy atom. The second kappa shape index (κ2) is 6.58. The summed E-state index contributed by atoms with van der Waals surface area (Å²) in [6.45, 7) is 6.27. The molecule has 0 aliphatic heterocycles. The molecule has 1 nitrogen and oxygen atoms in total. The minimum absolute atomic E-state index is 0. The molecule has 0 heterocycles. The van der Waals surface area contributed by atoms with Crippen LogP contribution in [0.1, 0.15) is 26.2 Å². The molecule has 3 heteroatoms. The van der Waals surface area contributed by atoms with E-state index in [1.54, 1.807) is 0 Å². The van der Waals surface area contributed by atoms with Gasteiger partial charge >= 0.3 is 0 Å². The average Bonchev–Trinajstić information content (AvgIpc) is 2.25. The second-order valence-corrected chi connectivity index (χ2v) is 4.04. The Labute approximate surface area is 108 Å². The monoisotopic (exact) mass is 254 g/mol. The predicted octanol–water partition coefficient (Wildman–Crippen LogP) is 1.82. The number of aliphatic hydroxyl groups is 1. The van der Waals surface area contributed by atoms with Crippen LogP contribution in [0.2, 0.25) is 6.32 Å². The normalized spacial score (nSPS) is 38.7. The van der Waals surface area contributed by atoms with Crippen LogP contribution in [0.4, 0.5) is 0 Å². The first kappa shape index (κ1) is 14.1. The van der Waals surface area contributed by atoms with Crippen molar-refractivity contribution >= 4 is 7.85 Å². The maximum Gasteiger partial charge on any atom is 0.0653 e. The minimum Gasteiger partial charge on any atom is -0.393 e. The van der Waals surface area contributed by atoms with Crippen molar-refractivity contribution in [2.45, 2.75) is 38.6 Å². The van der Waals surface area contributed by atoms with E-state index in [1.807, 2.05) is 0 Å². The van der Waals surface area contributed by atoms with E-state index in [4.69, 9.17) is 7.85 Å². The van der Waals surface area contributed by atoms with Crippen LogP contribution < -0.4 is 0 Å². The summed E-state index contributed by atoms with van der Waals surface area (Å²) in [6, 6.07) is 0. The van der Waals surface area contributed by atoms with Gasteiger partial charge in [-0.05, 0) is 12.3 Å². The van der Waals surface area contributed by atoms with Crippen molar-refractivity contribution in [2.75, 3.05) is 0 Å². The quantitative estimate of drug-likeness (QED) is 0.601. The van der Waals surface area contributed by atoms with Crippen LogP contribution >= 0.6 is 0 Å². The molecule has 1 saturated carbocycles. The molecule has 1 rings (SSSR count). The number of hydrogen-bond donors (Lipinski definition) is 1. The molecule has 1 fully saturated rings. The zero-order valence-corrected chi connectivity index (χ0v) is 11.3.